The van der Waals surface area contributed by atoms with E-state index in [1.807, 2.05) is 5.51 Å². The molecule has 0 saturated carbocycles. The van der Waals surface area contributed by atoms with Gasteiger partial charge in [0, 0.05) is 33.3 Å². The van der Waals surface area contributed by atoms with Crippen LogP contribution >= 0.6 is 11.3 Å². The lowest BCUT2D eigenvalue weighted by Crippen LogP contribution is -2.44. The summed E-state index contributed by atoms with van der Waals surface area (Å²) in [5.74, 6) is 1.11. The average molecular weight is 213 g/mol. The van der Waals surface area contributed by atoms with Crippen molar-refractivity contribution in [1.29, 1.82) is 0 Å². The highest BCUT2D eigenvalue weighted by atomic mass is 32.1. The summed E-state index contributed by atoms with van der Waals surface area (Å²) in [6.07, 6.45) is 0. The number of nitrogens with zero attached hydrogens (tertiary/aromatic N) is 2. The van der Waals surface area contributed by atoms with Crippen molar-refractivity contribution in [2.45, 2.75) is 6.61 Å². The van der Waals surface area contributed by atoms with Gasteiger partial charge < -0.3 is 15.0 Å². The van der Waals surface area contributed by atoms with Crippen LogP contribution in [0.2, 0.25) is 0 Å². The first-order valence-corrected chi connectivity index (χ1v) is 5.66. The van der Waals surface area contributed by atoms with Crippen LogP contribution in [0.1, 0.15) is 4.88 Å². The molecule has 1 saturated heterocycles. The summed E-state index contributed by atoms with van der Waals surface area (Å²) in [4.78, 5) is 7.95. The fourth-order valence-corrected chi connectivity index (χ4v) is 2.38. The number of hydrogen-bond acceptors (Lipinski definition) is 5. The van der Waals surface area contributed by atoms with E-state index in [1.165, 1.54) is 4.88 Å². The lowest BCUT2D eigenvalue weighted by Gasteiger charge is -2.28. The highest BCUT2D eigenvalue weighted by Crippen LogP contribution is 2.23. The van der Waals surface area contributed by atoms with Crippen molar-refractivity contribution >= 4 is 17.2 Å². The van der Waals surface area contributed by atoms with E-state index in [9.17, 15) is 0 Å². The van der Waals surface area contributed by atoms with Crippen molar-refractivity contribution in [1.82, 2.24) is 10.3 Å². The third-order valence-electron chi connectivity index (χ3n) is 2.31. The summed E-state index contributed by atoms with van der Waals surface area (Å²) in [6, 6.07) is 0. The van der Waals surface area contributed by atoms with Crippen LogP contribution in [-0.2, 0) is 11.3 Å². The van der Waals surface area contributed by atoms with Gasteiger partial charge in [0.1, 0.15) is 5.82 Å². The number of piperazine rings is 1. The second kappa shape index (κ2) is 4.72. The molecule has 0 spiro atoms. The summed E-state index contributed by atoms with van der Waals surface area (Å²) in [5.41, 5.74) is 1.89. The molecular formula is C9H15N3OS. The second-order valence-corrected chi connectivity index (χ2v) is 4.21. The van der Waals surface area contributed by atoms with Gasteiger partial charge in [-0.15, -0.1) is 11.3 Å². The molecule has 0 aromatic carbocycles. The zero-order chi connectivity index (χ0) is 9.80. The SMILES string of the molecule is COCc1scnc1N1CCNCC1. The van der Waals surface area contributed by atoms with Crippen molar-refractivity contribution < 1.29 is 4.74 Å². The number of methoxy groups -OCH3 is 1. The summed E-state index contributed by atoms with van der Waals surface area (Å²) < 4.78 is 5.15. The predicted molar refractivity (Wildman–Crippen MR) is 57.9 cm³/mol. The Labute approximate surface area is 87.9 Å². The van der Waals surface area contributed by atoms with Gasteiger partial charge in [-0.2, -0.15) is 0 Å². The fourth-order valence-electron chi connectivity index (χ4n) is 1.63. The third kappa shape index (κ3) is 2.05. The Kier molecular flexibility index (Phi) is 3.34. The zero-order valence-electron chi connectivity index (χ0n) is 8.32. The van der Waals surface area contributed by atoms with Gasteiger partial charge in [0.25, 0.3) is 0 Å². The molecule has 0 unspecified atom stereocenters. The van der Waals surface area contributed by atoms with Crippen molar-refractivity contribution in [3.8, 4) is 0 Å². The second-order valence-electron chi connectivity index (χ2n) is 3.27. The first kappa shape index (κ1) is 9.89. The maximum Gasteiger partial charge on any atom is 0.145 e. The molecule has 78 valence electrons. The van der Waals surface area contributed by atoms with Gasteiger partial charge in [-0.3, -0.25) is 0 Å². The minimum absolute atomic E-state index is 0.671. The zero-order valence-corrected chi connectivity index (χ0v) is 9.14. The number of rotatable bonds is 3. The van der Waals surface area contributed by atoms with Crippen LogP contribution in [-0.4, -0.2) is 38.3 Å². The van der Waals surface area contributed by atoms with Crippen LogP contribution in [0.25, 0.3) is 0 Å². The molecule has 1 N–H and O–H groups in total. The van der Waals surface area contributed by atoms with Crippen LogP contribution in [0.3, 0.4) is 0 Å². The van der Waals surface area contributed by atoms with Crippen LogP contribution in [0.5, 0.6) is 0 Å². The molecule has 0 radical (unpaired) electrons. The topological polar surface area (TPSA) is 37.4 Å². The first-order valence-electron chi connectivity index (χ1n) is 4.79. The Hall–Kier alpha value is -0.650. The Morgan fingerprint density at radius 1 is 1.57 bits per heavy atom. The highest BCUT2D eigenvalue weighted by Gasteiger charge is 2.16. The molecule has 0 bridgehead atoms. The molecule has 4 nitrogen and oxygen atoms in total. The predicted octanol–water partition coefficient (Wildman–Crippen LogP) is 0.699. The number of nitrogens with one attached hydrogen (secondary N) is 1. The van der Waals surface area contributed by atoms with E-state index in [0.717, 1.165) is 32.0 Å². The van der Waals surface area contributed by atoms with Gasteiger partial charge in [-0.25, -0.2) is 4.98 Å². The summed E-state index contributed by atoms with van der Waals surface area (Å²) in [5, 5.41) is 3.33. The van der Waals surface area contributed by atoms with Crippen molar-refractivity contribution in [2.75, 3.05) is 38.2 Å². The molecule has 0 atom stereocenters. The Morgan fingerprint density at radius 2 is 2.36 bits per heavy atom. The standard InChI is InChI=1S/C9H15N3OS/c1-13-6-8-9(11-7-14-8)12-4-2-10-3-5-12/h7,10H,2-6H2,1H3. The summed E-state index contributed by atoms with van der Waals surface area (Å²) >= 11 is 1.67. The van der Waals surface area contributed by atoms with Gasteiger partial charge in [0.05, 0.1) is 17.0 Å². The molecular weight excluding hydrogens is 198 g/mol. The normalized spacial score (nSPS) is 17.4. The smallest absolute Gasteiger partial charge is 0.145 e. The number of anilines is 1. The van der Waals surface area contributed by atoms with E-state index >= 15 is 0 Å². The monoisotopic (exact) mass is 213 g/mol. The minimum Gasteiger partial charge on any atom is -0.379 e. The number of aromatic nitrogens is 1. The third-order valence-corrected chi connectivity index (χ3v) is 3.11. The van der Waals surface area contributed by atoms with E-state index in [0.29, 0.717) is 6.61 Å². The molecule has 1 aromatic rings. The molecule has 2 rings (SSSR count). The Bertz CT molecular complexity index is 283. The molecule has 2 heterocycles. The molecule has 1 aliphatic rings. The lowest BCUT2D eigenvalue weighted by atomic mass is 10.3. The molecule has 1 aromatic heterocycles. The van der Waals surface area contributed by atoms with Crippen molar-refractivity contribution in [2.24, 2.45) is 0 Å². The number of thiazole rings is 1. The van der Waals surface area contributed by atoms with E-state index in [4.69, 9.17) is 4.74 Å². The van der Waals surface area contributed by atoms with E-state index in [-0.39, 0.29) is 0 Å². The van der Waals surface area contributed by atoms with Gasteiger partial charge in [0.2, 0.25) is 0 Å². The highest BCUT2D eigenvalue weighted by molar-refractivity contribution is 7.10. The molecule has 0 amide bonds. The van der Waals surface area contributed by atoms with Gasteiger partial charge in [-0.05, 0) is 0 Å². The maximum absolute atomic E-state index is 5.15. The largest absolute Gasteiger partial charge is 0.379 e. The minimum atomic E-state index is 0.671. The molecule has 1 fully saturated rings. The van der Waals surface area contributed by atoms with Crippen LogP contribution in [0, 0.1) is 0 Å². The molecule has 0 aliphatic carbocycles. The van der Waals surface area contributed by atoms with Crippen molar-refractivity contribution in [3.63, 3.8) is 0 Å². The van der Waals surface area contributed by atoms with Gasteiger partial charge >= 0.3 is 0 Å². The fraction of sp³-hybridized carbons (Fsp3) is 0.667. The van der Waals surface area contributed by atoms with E-state index in [2.05, 4.69) is 15.2 Å². The summed E-state index contributed by atoms with van der Waals surface area (Å²) in [7, 11) is 1.72. The average Bonchev–Trinajstić information content (AvgIpc) is 2.68. The number of ether oxygens (including phenoxy) is 1. The molecule has 5 heteroatoms. The summed E-state index contributed by atoms with van der Waals surface area (Å²) in [6.45, 7) is 4.85. The number of hydrogen-bond donors (Lipinski definition) is 1. The quantitative estimate of drug-likeness (QED) is 0.802. The maximum atomic E-state index is 5.15. The Morgan fingerprint density at radius 3 is 3.07 bits per heavy atom. The van der Waals surface area contributed by atoms with Crippen LogP contribution in [0.15, 0.2) is 5.51 Å². The van der Waals surface area contributed by atoms with Crippen LogP contribution in [0.4, 0.5) is 5.82 Å². The molecule has 14 heavy (non-hydrogen) atoms. The molecule has 1 aliphatic heterocycles. The lowest BCUT2D eigenvalue weighted by molar-refractivity contribution is 0.187. The van der Waals surface area contributed by atoms with E-state index in [1.54, 1.807) is 18.4 Å². The van der Waals surface area contributed by atoms with Crippen LogP contribution < -0.4 is 10.2 Å². The van der Waals surface area contributed by atoms with Gasteiger partial charge in [0.15, 0.2) is 0 Å². The first-order chi connectivity index (χ1) is 6.92. The Balaban J connectivity index is 2.09. The van der Waals surface area contributed by atoms with Crippen molar-refractivity contribution in [3.05, 3.63) is 10.4 Å². The van der Waals surface area contributed by atoms with Gasteiger partial charge in [-0.1, -0.05) is 0 Å². The van der Waals surface area contributed by atoms with E-state index < -0.39 is 0 Å².